The Kier molecular flexibility index (Phi) is 3.89. The average Bonchev–Trinajstić information content (AvgIpc) is 3.14. The molecule has 4 rings (SSSR count). The number of para-hydroxylation sites is 1. The first-order valence-electron chi connectivity index (χ1n) is 8.13. The number of ether oxygens (including phenoxy) is 1. The highest BCUT2D eigenvalue weighted by Gasteiger charge is 2.23. The van der Waals surface area contributed by atoms with Gasteiger partial charge >= 0.3 is 0 Å². The molecule has 0 saturated heterocycles. The van der Waals surface area contributed by atoms with Crippen LogP contribution in [0.5, 0.6) is 5.75 Å². The molecule has 0 spiro atoms. The van der Waals surface area contributed by atoms with E-state index in [9.17, 15) is 9.59 Å². The van der Waals surface area contributed by atoms with Gasteiger partial charge in [0.15, 0.2) is 6.10 Å². The van der Waals surface area contributed by atoms with E-state index in [-0.39, 0.29) is 11.8 Å². The van der Waals surface area contributed by atoms with Crippen LogP contribution >= 0.6 is 0 Å². The Balaban J connectivity index is 1.51. The molecule has 2 aromatic carbocycles. The van der Waals surface area contributed by atoms with Gasteiger partial charge < -0.3 is 15.4 Å². The topological polar surface area (TPSA) is 85.2 Å². The highest BCUT2D eigenvalue weighted by Crippen LogP contribution is 2.32. The van der Waals surface area contributed by atoms with Gasteiger partial charge in [-0.25, -0.2) is 4.68 Å². The summed E-state index contributed by atoms with van der Waals surface area (Å²) in [4.78, 5) is 24.2. The fourth-order valence-corrected chi connectivity index (χ4v) is 2.65. The van der Waals surface area contributed by atoms with Crippen LogP contribution in [-0.2, 0) is 4.79 Å². The molecule has 1 aromatic heterocycles. The van der Waals surface area contributed by atoms with Crippen molar-refractivity contribution in [3.8, 4) is 11.4 Å². The van der Waals surface area contributed by atoms with Crippen LogP contribution in [0.15, 0.2) is 60.9 Å². The molecule has 130 valence electrons. The predicted molar refractivity (Wildman–Crippen MR) is 96.7 cm³/mol. The third-order valence-electron chi connectivity index (χ3n) is 4.03. The van der Waals surface area contributed by atoms with E-state index in [4.69, 9.17) is 4.74 Å². The van der Waals surface area contributed by atoms with E-state index >= 15 is 0 Å². The van der Waals surface area contributed by atoms with Crippen LogP contribution < -0.4 is 15.4 Å². The second-order valence-electron chi connectivity index (χ2n) is 5.92. The van der Waals surface area contributed by atoms with E-state index in [1.54, 1.807) is 36.0 Å². The minimum atomic E-state index is -0.535. The zero-order valence-electron chi connectivity index (χ0n) is 14.0. The number of rotatable bonds is 3. The van der Waals surface area contributed by atoms with E-state index in [2.05, 4.69) is 15.7 Å². The smallest absolute Gasteiger partial charge is 0.265 e. The number of fused-ring (bicyclic) bond motifs is 1. The molecule has 0 aliphatic carbocycles. The Morgan fingerprint density at radius 1 is 1.23 bits per heavy atom. The molecule has 0 radical (unpaired) electrons. The molecule has 0 fully saturated rings. The van der Waals surface area contributed by atoms with Gasteiger partial charge in [-0.1, -0.05) is 18.2 Å². The number of carbonyl (C=O) groups is 2. The van der Waals surface area contributed by atoms with Crippen molar-refractivity contribution in [2.45, 2.75) is 13.0 Å². The van der Waals surface area contributed by atoms with Crippen LogP contribution in [0.1, 0.15) is 17.3 Å². The summed E-state index contributed by atoms with van der Waals surface area (Å²) in [5.74, 6) is 0.0701. The molecule has 0 unspecified atom stereocenters. The minimum Gasteiger partial charge on any atom is -0.479 e. The summed E-state index contributed by atoms with van der Waals surface area (Å²) in [5, 5.41) is 9.77. The Morgan fingerprint density at radius 3 is 2.85 bits per heavy atom. The lowest BCUT2D eigenvalue weighted by molar-refractivity contribution is -0.122. The maximum absolute atomic E-state index is 12.5. The highest BCUT2D eigenvalue weighted by molar-refractivity contribution is 6.05. The number of aromatic nitrogens is 2. The lowest BCUT2D eigenvalue weighted by Gasteiger charge is -2.23. The number of nitrogens with one attached hydrogen (secondary N) is 2. The van der Waals surface area contributed by atoms with Crippen molar-refractivity contribution in [1.82, 2.24) is 9.78 Å². The highest BCUT2D eigenvalue weighted by atomic mass is 16.5. The molecule has 7 heteroatoms. The summed E-state index contributed by atoms with van der Waals surface area (Å²) in [6.07, 6.45) is 2.63. The molecule has 0 bridgehead atoms. The summed E-state index contributed by atoms with van der Waals surface area (Å²) in [6, 6.07) is 14.6. The van der Waals surface area contributed by atoms with Crippen LogP contribution in [0.2, 0.25) is 0 Å². The van der Waals surface area contributed by atoms with Crippen LogP contribution in [0.25, 0.3) is 5.69 Å². The van der Waals surface area contributed by atoms with Crippen molar-refractivity contribution in [3.05, 3.63) is 66.5 Å². The van der Waals surface area contributed by atoms with Gasteiger partial charge in [-0.2, -0.15) is 5.10 Å². The lowest BCUT2D eigenvalue weighted by atomic mass is 10.2. The fourth-order valence-electron chi connectivity index (χ4n) is 2.65. The number of benzene rings is 2. The second kappa shape index (κ2) is 6.36. The van der Waals surface area contributed by atoms with Crippen LogP contribution in [-0.4, -0.2) is 27.7 Å². The van der Waals surface area contributed by atoms with E-state index in [1.165, 1.54) is 6.20 Å². The Hall–Kier alpha value is -3.61. The van der Waals surface area contributed by atoms with E-state index in [1.807, 2.05) is 30.3 Å². The van der Waals surface area contributed by atoms with Gasteiger partial charge in [-0.15, -0.1) is 0 Å². The number of hydrogen-bond donors (Lipinski definition) is 2. The van der Waals surface area contributed by atoms with Gasteiger partial charge in [-0.3, -0.25) is 9.59 Å². The molecule has 1 atom stereocenters. The van der Waals surface area contributed by atoms with Crippen molar-refractivity contribution in [1.29, 1.82) is 0 Å². The molecule has 1 aliphatic rings. The van der Waals surface area contributed by atoms with Crippen molar-refractivity contribution >= 4 is 23.2 Å². The molecule has 1 aliphatic heterocycles. The quantitative estimate of drug-likeness (QED) is 0.762. The maximum atomic E-state index is 12.5. The van der Waals surface area contributed by atoms with E-state index in [0.717, 1.165) is 5.69 Å². The third kappa shape index (κ3) is 3.02. The summed E-state index contributed by atoms with van der Waals surface area (Å²) < 4.78 is 7.14. The average molecular weight is 348 g/mol. The zero-order valence-corrected chi connectivity index (χ0v) is 14.0. The van der Waals surface area contributed by atoms with Gasteiger partial charge in [0.05, 0.1) is 23.1 Å². The molecule has 3 aromatic rings. The number of amides is 2. The van der Waals surface area contributed by atoms with Gasteiger partial charge in [0.25, 0.3) is 11.8 Å². The predicted octanol–water partition coefficient (Wildman–Crippen LogP) is 2.84. The summed E-state index contributed by atoms with van der Waals surface area (Å²) >= 11 is 0. The number of anilines is 2. The number of carbonyl (C=O) groups excluding carboxylic acids is 2. The molecule has 2 N–H and O–H groups in total. The van der Waals surface area contributed by atoms with E-state index in [0.29, 0.717) is 22.7 Å². The lowest BCUT2D eigenvalue weighted by Crippen LogP contribution is -2.34. The number of nitrogens with zero attached hydrogens (tertiary/aromatic N) is 2. The van der Waals surface area contributed by atoms with Crippen LogP contribution in [0.4, 0.5) is 11.4 Å². The normalized spacial score (nSPS) is 15.6. The molecule has 2 heterocycles. The van der Waals surface area contributed by atoms with Gasteiger partial charge in [0.2, 0.25) is 0 Å². The van der Waals surface area contributed by atoms with Crippen molar-refractivity contribution in [2.24, 2.45) is 0 Å². The van der Waals surface area contributed by atoms with E-state index < -0.39 is 6.10 Å². The van der Waals surface area contributed by atoms with Gasteiger partial charge in [0, 0.05) is 11.9 Å². The standard InChI is InChI=1S/C19H16N4O3/c1-12-18(24)22-16-9-14(7-8-17(16)26-12)21-19(25)13-10-20-23(11-13)15-5-3-2-4-6-15/h2-12H,1H3,(H,21,25)(H,22,24)/t12-/m1/s1. The fraction of sp³-hybridized carbons (Fsp3) is 0.105. The molecule has 26 heavy (non-hydrogen) atoms. The molecule has 0 saturated carbocycles. The van der Waals surface area contributed by atoms with Crippen molar-refractivity contribution in [3.63, 3.8) is 0 Å². The first-order valence-corrected chi connectivity index (χ1v) is 8.13. The summed E-state index contributed by atoms with van der Waals surface area (Å²) in [5.41, 5.74) is 2.39. The minimum absolute atomic E-state index is 0.217. The molecule has 2 amide bonds. The third-order valence-corrected chi connectivity index (χ3v) is 4.03. The molecule has 7 nitrogen and oxygen atoms in total. The van der Waals surface area contributed by atoms with Crippen molar-refractivity contribution < 1.29 is 14.3 Å². The largest absolute Gasteiger partial charge is 0.479 e. The van der Waals surface area contributed by atoms with Crippen LogP contribution in [0.3, 0.4) is 0 Å². The summed E-state index contributed by atoms with van der Waals surface area (Å²) in [6.45, 7) is 1.68. The van der Waals surface area contributed by atoms with Gasteiger partial charge in [-0.05, 0) is 37.3 Å². The second-order valence-corrected chi connectivity index (χ2v) is 5.92. The molecular formula is C19H16N4O3. The first kappa shape index (κ1) is 15.9. The Labute approximate surface area is 149 Å². The molecular weight excluding hydrogens is 332 g/mol. The summed E-state index contributed by atoms with van der Waals surface area (Å²) in [7, 11) is 0. The van der Waals surface area contributed by atoms with Crippen LogP contribution in [0, 0.1) is 0 Å². The zero-order chi connectivity index (χ0) is 18.1. The van der Waals surface area contributed by atoms with Crippen molar-refractivity contribution in [2.75, 3.05) is 10.6 Å². The maximum Gasteiger partial charge on any atom is 0.265 e. The monoisotopic (exact) mass is 348 g/mol. The number of hydrogen-bond acceptors (Lipinski definition) is 4. The Bertz CT molecular complexity index is 981. The SMILES string of the molecule is C[C@H]1Oc2ccc(NC(=O)c3cnn(-c4ccccc4)c3)cc2NC1=O. The van der Waals surface area contributed by atoms with Gasteiger partial charge in [0.1, 0.15) is 5.75 Å². The first-order chi connectivity index (χ1) is 12.6. The Morgan fingerprint density at radius 2 is 2.04 bits per heavy atom.